The van der Waals surface area contributed by atoms with Gasteiger partial charge < -0.3 is 9.47 Å². The summed E-state index contributed by atoms with van der Waals surface area (Å²) in [4.78, 5) is 11.7. The van der Waals surface area contributed by atoms with Gasteiger partial charge in [-0.05, 0) is 49.5 Å². The lowest BCUT2D eigenvalue weighted by Gasteiger charge is -2.23. The molecule has 0 aliphatic heterocycles. The normalized spacial score (nSPS) is 19.5. The Morgan fingerprint density at radius 3 is 2.45 bits per heavy atom. The number of ether oxygens (including phenoxy) is 2. The highest BCUT2D eigenvalue weighted by molar-refractivity contribution is 5.73. The second kappa shape index (κ2) is 7.28. The zero-order chi connectivity index (χ0) is 15.3. The molecule has 0 amide bonds. The first-order valence-corrected chi connectivity index (χ1v) is 8.56. The van der Waals surface area contributed by atoms with Crippen molar-refractivity contribution in [3.05, 3.63) is 35.9 Å². The Morgan fingerprint density at radius 2 is 1.82 bits per heavy atom. The highest BCUT2D eigenvalue weighted by Gasteiger charge is 2.42. The van der Waals surface area contributed by atoms with Gasteiger partial charge in [0.2, 0.25) is 0 Å². The van der Waals surface area contributed by atoms with Gasteiger partial charge in [-0.3, -0.25) is 4.79 Å². The average molecular weight is 302 g/mol. The molecule has 0 N–H and O–H groups in total. The standard InChI is InChI=1S/C19H26O3/c20-18(17-7-4-8-17)22-14-12-19(9-10-19)11-13-21-15-16-5-2-1-3-6-16/h1-3,5-6,17H,4,7-15H2. The van der Waals surface area contributed by atoms with Gasteiger partial charge in [-0.1, -0.05) is 36.8 Å². The Bertz CT molecular complexity index is 475. The number of benzene rings is 1. The van der Waals surface area contributed by atoms with E-state index in [9.17, 15) is 4.79 Å². The van der Waals surface area contributed by atoms with Crippen molar-refractivity contribution in [1.29, 1.82) is 0 Å². The van der Waals surface area contributed by atoms with Crippen LogP contribution < -0.4 is 0 Å². The van der Waals surface area contributed by atoms with E-state index in [1.807, 2.05) is 18.2 Å². The number of hydrogen-bond donors (Lipinski definition) is 0. The van der Waals surface area contributed by atoms with E-state index >= 15 is 0 Å². The second-order valence-corrected chi connectivity index (χ2v) is 6.83. The largest absolute Gasteiger partial charge is 0.465 e. The van der Waals surface area contributed by atoms with Crippen LogP contribution in [0.15, 0.2) is 30.3 Å². The van der Waals surface area contributed by atoms with E-state index in [1.165, 1.54) is 24.8 Å². The molecule has 3 nitrogen and oxygen atoms in total. The molecule has 3 heteroatoms. The Kier molecular flexibility index (Phi) is 5.14. The molecule has 2 saturated carbocycles. The van der Waals surface area contributed by atoms with E-state index in [0.29, 0.717) is 18.6 Å². The summed E-state index contributed by atoms with van der Waals surface area (Å²) < 4.78 is 11.2. The lowest BCUT2D eigenvalue weighted by atomic mass is 9.86. The van der Waals surface area contributed by atoms with Crippen LogP contribution in [0.1, 0.15) is 50.5 Å². The second-order valence-electron chi connectivity index (χ2n) is 6.83. The third-order valence-corrected chi connectivity index (χ3v) is 5.16. The predicted octanol–water partition coefficient (Wildman–Crippen LogP) is 4.11. The molecule has 120 valence electrons. The molecular weight excluding hydrogens is 276 g/mol. The van der Waals surface area contributed by atoms with Crippen LogP contribution in [0.4, 0.5) is 0 Å². The van der Waals surface area contributed by atoms with Crippen LogP contribution in [0.25, 0.3) is 0 Å². The van der Waals surface area contributed by atoms with Gasteiger partial charge in [0.05, 0.1) is 19.1 Å². The summed E-state index contributed by atoms with van der Waals surface area (Å²) in [5.74, 6) is 0.228. The molecule has 2 aliphatic carbocycles. The van der Waals surface area contributed by atoms with E-state index < -0.39 is 0 Å². The summed E-state index contributed by atoms with van der Waals surface area (Å²) in [5.41, 5.74) is 1.61. The maximum absolute atomic E-state index is 11.7. The molecule has 0 unspecified atom stereocenters. The van der Waals surface area contributed by atoms with Crippen LogP contribution in [0.5, 0.6) is 0 Å². The van der Waals surface area contributed by atoms with Gasteiger partial charge in [-0.15, -0.1) is 0 Å². The van der Waals surface area contributed by atoms with Crippen molar-refractivity contribution in [3.63, 3.8) is 0 Å². The van der Waals surface area contributed by atoms with Gasteiger partial charge in [-0.25, -0.2) is 0 Å². The van der Waals surface area contributed by atoms with E-state index in [-0.39, 0.29) is 11.9 Å². The zero-order valence-electron chi connectivity index (χ0n) is 13.3. The first-order chi connectivity index (χ1) is 10.8. The Morgan fingerprint density at radius 1 is 1.09 bits per heavy atom. The summed E-state index contributed by atoms with van der Waals surface area (Å²) >= 11 is 0. The predicted molar refractivity (Wildman–Crippen MR) is 85.3 cm³/mol. The minimum atomic E-state index is 0.0300. The minimum Gasteiger partial charge on any atom is -0.465 e. The fourth-order valence-corrected chi connectivity index (χ4v) is 2.98. The van der Waals surface area contributed by atoms with E-state index in [2.05, 4.69) is 12.1 Å². The van der Waals surface area contributed by atoms with Crippen molar-refractivity contribution >= 4 is 5.97 Å². The van der Waals surface area contributed by atoms with Crippen molar-refractivity contribution in [3.8, 4) is 0 Å². The van der Waals surface area contributed by atoms with Gasteiger partial charge in [0, 0.05) is 6.61 Å². The summed E-state index contributed by atoms with van der Waals surface area (Å²) in [5, 5.41) is 0. The van der Waals surface area contributed by atoms with Gasteiger partial charge in [0.25, 0.3) is 0 Å². The van der Waals surface area contributed by atoms with Crippen LogP contribution in [-0.2, 0) is 20.9 Å². The number of hydrogen-bond acceptors (Lipinski definition) is 3. The van der Waals surface area contributed by atoms with Crippen LogP contribution in [0.2, 0.25) is 0 Å². The topological polar surface area (TPSA) is 35.5 Å². The smallest absolute Gasteiger partial charge is 0.308 e. The van der Waals surface area contributed by atoms with Gasteiger partial charge >= 0.3 is 5.97 Å². The van der Waals surface area contributed by atoms with Crippen molar-refractivity contribution in [1.82, 2.24) is 0 Å². The molecular formula is C19H26O3. The molecule has 1 aromatic carbocycles. The van der Waals surface area contributed by atoms with Crippen molar-refractivity contribution in [2.45, 2.75) is 51.6 Å². The summed E-state index contributed by atoms with van der Waals surface area (Å²) in [6.45, 7) is 2.08. The van der Waals surface area contributed by atoms with Crippen LogP contribution in [-0.4, -0.2) is 19.2 Å². The average Bonchev–Trinajstić information content (AvgIpc) is 3.23. The molecule has 3 rings (SSSR count). The lowest BCUT2D eigenvalue weighted by molar-refractivity contribution is -0.151. The highest BCUT2D eigenvalue weighted by atomic mass is 16.5. The molecule has 2 aliphatic rings. The first kappa shape index (κ1) is 15.5. The monoisotopic (exact) mass is 302 g/mol. The molecule has 1 aromatic rings. The fraction of sp³-hybridized carbons (Fsp3) is 0.632. The van der Waals surface area contributed by atoms with Crippen molar-refractivity contribution in [2.24, 2.45) is 11.3 Å². The van der Waals surface area contributed by atoms with Crippen LogP contribution in [0, 0.1) is 11.3 Å². The van der Waals surface area contributed by atoms with Gasteiger partial charge in [0.1, 0.15) is 0 Å². The van der Waals surface area contributed by atoms with Crippen molar-refractivity contribution in [2.75, 3.05) is 13.2 Å². The summed E-state index contributed by atoms with van der Waals surface area (Å²) in [7, 11) is 0. The van der Waals surface area contributed by atoms with E-state index in [0.717, 1.165) is 32.3 Å². The molecule has 0 radical (unpaired) electrons. The summed E-state index contributed by atoms with van der Waals surface area (Å²) in [6.07, 6.45) is 7.82. The zero-order valence-corrected chi connectivity index (χ0v) is 13.3. The SMILES string of the molecule is O=C(OCCC1(CCOCc2ccccc2)CC1)C1CCC1. The molecule has 2 fully saturated rings. The quantitative estimate of drug-likeness (QED) is 0.509. The molecule has 0 spiro atoms. The summed E-state index contributed by atoms with van der Waals surface area (Å²) in [6, 6.07) is 10.3. The lowest BCUT2D eigenvalue weighted by Crippen LogP contribution is -2.25. The highest BCUT2D eigenvalue weighted by Crippen LogP contribution is 2.51. The van der Waals surface area contributed by atoms with E-state index in [4.69, 9.17) is 9.47 Å². The molecule has 0 bridgehead atoms. The first-order valence-electron chi connectivity index (χ1n) is 8.56. The molecule has 0 atom stereocenters. The minimum absolute atomic E-state index is 0.0300. The maximum Gasteiger partial charge on any atom is 0.308 e. The molecule has 0 saturated heterocycles. The van der Waals surface area contributed by atoms with E-state index in [1.54, 1.807) is 0 Å². The molecule has 0 heterocycles. The molecule has 0 aromatic heterocycles. The third kappa shape index (κ3) is 4.33. The Balaban J connectivity index is 1.28. The maximum atomic E-state index is 11.7. The third-order valence-electron chi connectivity index (χ3n) is 5.16. The number of carbonyl (C=O) groups is 1. The number of carbonyl (C=O) groups excluding carboxylic acids is 1. The van der Waals surface area contributed by atoms with Crippen molar-refractivity contribution < 1.29 is 14.3 Å². The molecule has 22 heavy (non-hydrogen) atoms. The van der Waals surface area contributed by atoms with Gasteiger partial charge in [-0.2, -0.15) is 0 Å². The Hall–Kier alpha value is -1.35. The fourth-order valence-electron chi connectivity index (χ4n) is 2.98. The van der Waals surface area contributed by atoms with Crippen LogP contribution in [0.3, 0.4) is 0 Å². The Labute approximate surface area is 133 Å². The van der Waals surface area contributed by atoms with Crippen LogP contribution >= 0.6 is 0 Å². The number of esters is 1. The number of rotatable bonds is 9. The van der Waals surface area contributed by atoms with Gasteiger partial charge in [0.15, 0.2) is 0 Å².